The summed E-state index contributed by atoms with van der Waals surface area (Å²) in [5.41, 5.74) is 0.963. The van der Waals surface area contributed by atoms with Gasteiger partial charge in [0.2, 0.25) is 0 Å². The van der Waals surface area contributed by atoms with Crippen molar-refractivity contribution in [3.8, 4) is 5.75 Å². The predicted octanol–water partition coefficient (Wildman–Crippen LogP) is 2.57. The molecule has 1 fully saturated rings. The third-order valence-corrected chi connectivity index (χ3v) is 4.51. The van der Waals surface area contributed by atoms with E-state index >= 15 is 0 Å². The fourth-order valence-corrected chi connectivity index (χ4v) is 2.93. The van der Waals surface area contributed by atoms with Gasteiger partial charge in [-0.15, -0.1) is 0 Å². The van der Waals surface area contributed by atoms with Crippen molar-refractivity contribution >= 4 is 5.97 Å². The summed E-state index contributed by atoms with van der Waals surface area (Å²) < 4.78 is 21.5. The first-order chi connectivity index (χ1) is 12.5. The van der Waals surface area contributed by atoms with Gasteiger partial charge in [-0.3, -0.25) is 4.79 Å². The monoisotopic (exact) mass is 366 g/mol. The van der Waals surface area contributed by atoms with E-state index in [0.29, 0.717) is 26.2 Å². The number of ether oxygens (including phenoxy) is 4. The highest BCUT2D eigenvalue weighted by Crippen LogP contribution is 2.29. The highest BCUT2D eigenvalue weighted by atomic mass is 16.6. The molecule has 1 aliphatic rings. The summed E-state index contributed by atoms with van der Waals surface area (Å²) in [6, 6.07) is 7.67. The van der Waals surface area contributed by atoms with Crippen molar-refractivity contribution in [2.75, 3.05) is 26.9 Å². The van der Waals surface area contributed by atoms with Gasteiger partial charge in [0.1, 0.15) is 18.0 Å². The number of carbonyl (C=O) groups excluding carboxylic acids is 1. The van der Waals surface area contributed by atoms with E-state index in [1.807, 2.05) is 38.1 Å². The normalized spacial score (nSPS) is 21.0. The third-order valence-electron chi connectivity index (χ3n) is 4.51. The Morgan fingerprint density at radius 1 is 1.31 bits per heavy atom. The predicted molar refractivity (Wildman–Crippen MR) is 96.9 cm³/mol. The molecule has 0 bridgehead atoms. The number of hydrogen-bond acceptors (Lipinski definition) is 6. The van der Waals surface area contributed by atoms with Crippen LogP contribution < -0.4 is 4.74 Å². The number of esters is 1. The van der Waals surface area contributed by atoms with E-state index in [1.54, 1.807) is 7.11 Å². The number of hydrogen-bond donors (Lipinski definition) is 1. The number of benzene rings is 1. The lowest BCUT2D eigenvalue weighted by molar-refractivity contribution is -0.150. The molecule has 0 aliphatic carbocycles. The van der Waals surface area contributed by atoms with Gasteiger partial charge in [0.05, 0.1) is 25.7 Å². The molecule has 1 saturated heterocycles. The minimum atomic E-state index is -0.809. The maximum absolute atomic E-state index is 11.8. The Hall–Kier alpha value is -1.63. The number of carbonyl (C=O) groups is 1. The Morgan fingerprint density at radius 2 is 2.12 bits per heavy atom. The summed E-state index contributed by atoms with van der Waals surface area (Å²) in [6.45, 7) is 5.73. The molecule has 2 rings (SSSR count). The van der Waals surface area contributed by atoms with Crippen molar-refractivity contribution in [3.05, 3.63) is 29.8 Å². The van der Waals surface area contributed by atoms with Gasteiger partial charge < -0.3 is 24.1 Å². The maximum Gasteiger partial charge on any atom is 0.309 e. The van der Waals surface area contributed by atoms with Gasteiger partial charge in [-0.2, -0.15) is 0 Å². The standard InChI is InChI=1S/C20H30O6/c1-14(2)17-11-19(26-20(17)22)18(21)13-24-12-15-6-4-7-16(10-15)25-9-5-8-23-3/h4,6-7,10,14,17-19,21H,5,8-9,11-13H2,1-3H3/t17-,18+,19-/m0/s1. The molecule has 146 valence electrons. The lowest BCUT2D eigenvalue weighted by atomic mass is 9.91. The summed E-state index contributed by atoms with van der Waals surface area (Å²) in [5, 5.41) is 10.2. The van der Waals surface area contributed by atoms with Gasteiger partial charge in [-0.05, 0) is 23.6 Å². The second kappa shape index (κ2) is 10.5. The first-order valence-corrected chi connectivity index (χ1v) is 9.18. The molecule has 1 N–H and O–H groups in total. The first-order valence-electron chi connectivity index (χ1n) is 9.18. The highest BCUT2D eigenvalue weighted by Gasteiger charge is 2.39. The number of rotatable bonds is 11. The van der Waals surface area contributed by atoms with E-state index in [-0.39, 0.29) is 24.4 Å². The second-order valence-electron chi connectivity index (χ2n) is 6.99. The first kappa shape index (κ1) is 20.7. The molecule has 0 radical (unpaired) electrons. The SMILES string of the molecule is COCCCOc1cccc(COC[C@@H](O)[C@@H]2C[C@@H](C(C)C)C(=O)O2)c1. The molecule has 0 spiro atoms. The van der Waals surface area contributed by atoms with E-state index in [1.165, 1.54) is 0 Å². The van der Waals surface area contributed by atoms with Gasteiger partial charge >= 0.3 is 5.97 Å². The quantitative estimate of drug-likeness (QED) is 0.479. The zero-order valence-electron chi connectivity index (χ0n) is 15.8. The van der Waals surface area contributed by atoms with E-state index in [4.69, 9.17) is 18.9 Å². The molecule has 0 saturated carbocycles. The number of methoxy groups -OCH3 is 1. The van der Waals surface area contributed by atoms with E-state index in [2.05, 4.69) is 0 Å². The van der Waals surface area contributed by atoms with Crippen molar-refractivity contribution < 1.29 is 28.8 Å². The molecule has 6 heteroatoms. The van der Waals surface area contributed by atoms with Crippen LogP contribution in [0.2, 0.25) is 0 Å². The maximum atomic E-state index is 11.8. The molecular formula is C20H30O6. The van der Waals surface area contributed by atoms with Crippen LogP contribution in [0, 0.1) is 11.8 Å². The van der Waals surface area contributed by atoms with Crippen LogP contribution in [0.1, 0.15) is 32.3 Å². The Kier molecular flexibility index (Phi) is 8.35. The van der Waals surface area contributed by atoms with Crippen LogP contribution in [0.5, 0.6) is 5.75 Å². The number of cyclic esters (lactones) is 1. The zero-order valence-corrected chi connectivity index (χ0v) is 15.8. The molecule has 26 heavy (non-hydrogen) atoms. The molecule has 1 heterocycles. The van der Waals surface area contributed by atoms with Gasteiger partial charge in [-0.1, -0.05) is 26.0 Å². The van der Waals surface area contributed by atoms with Crippen molar-refractivity contribution in [2.45, 2.75) is 45.5 Å². The Balaban J connectivity index is 1.73. The Morgan fingerprint density at radius 3 is 2.81 bits per heavy atom. The van der Waals surface area contributed by atoms with Gasteiger partial charge in [0.25, 0.3) is 0 Å². The third kappa shape index (κ3) is 6.27. The van der Waals surface area contributed by atoms with Crippen LogP contribution >= 0.6 is 0 Å². The molecule has 3 atom stereocenters. The zero-order chi connectivity index (χ0) is 18.9. The fraction of sp³-hybridized carbons (Fsp3) is 0.650. The van der Waals surface area contributed by atoms with Crippen molar-refractivity contribution in [1.29, 1.82) is 0 Å². The van der Waals surface area contributed by atoms with Crippen molar-refractivity contribution in [3.63, 3.8) is 0 Å². The summed E-state index contributed by atoms with van der Waals surface area (Å²) in [5.74, 6) is 0.642. The molecule has 0 aromatic heterocycles. The smallest absolute Gasteiger partial charge is 0.309 e. The van der Waals surface area contributed by atoms with Gasteiger partial charge in [0, 0.05) is 26.6 Å². The summed E-state index contributed by atoms with van der Waals surface area (Å²) in [7, 11) is 1.67. The van der Waals surface area contributed by atoms with Crippen LogP contribution in [-0.4, -0.2) is 50.2 Å². The summed E-state index contributed by atoms with van der Waals surface area (Å²) in [4.78, 5) is 11.8. The average molecular weight is 366 g/mol. The van der Waals surface area contributed by atoms with Crippen LogP contribution in [0.25, 0.3) is 0 Å². The van der Waals surface area contributed by atoms with E-state index in [0.717, 1.165) is 17.7 Å². The molecule has 6 nitrogen and oxygen atoms in total. The minimum absolute atomic E-state index is 0.127. The van der Waals surface area contributed by atoms with Crippen molar-refractivity contribution in [1.82, 2.24) is 0 Å². The highest BCUT2D eigenvalue weighted by molar-refractivity contribution is 5.75. The molecular weight excluding hydrogens is 336 g/mol. The lowest BCUT2D eigenvalue weighted by Gasteiger charge is -2.17. The fourth-order valence-electron chi connectivity index (χ4n) is 2.93. The number of aliphatic hydroxyl groups excluding tert-OH is 1. The largest absolute Gasteiger partial charge is 0.493 e. The van der Waals surface area contributed by atoms with E-state index < -0.39 is 12.2 Å². The second-order valence-corrected chi connectivity index (χ2v) is 6.99. The Bertz CT molecular complexity index is 559. The van der Waals surface area contributed by atoms with Gasteiger partial charge in [-0.25, -0.2) is 0 Å². The van der Waals surface area contributed by atoms with Crippen LogP contribution in [0.4, 0.5) is 0 Å². The van der Waals surface area contributed by atoms with Crippen molar-refractivity contribution in [2.24, 2.45) is 11.8 Å². The van der Waals surface area contributed by atoms with Crippen LogP contribution in [0.3, 0.4) is 0 Å². The molecule has 1 aromatic carbocycles. The van der Waals surface area contributed by atoms with Crippen LogP contribution in [0.15, 0.2) is 24.3 Å². The summed E-state index contributed by atoms with van der Waals surface area (Å²) in [6.07, 6.45) is 0.0914. The molecule has 0 unspecified atom stereocenters. The summed E-state index contributed by atoms with van der Waals surface area (Å²) >= 11 is 0. The Labute approximate surface area is 155 Å². The average Bonchev–Trinajstić information content (AvgIpc) is 3.01. The molecule has 0 amide bonds. The minimum Gasteiger partial charge on any atom is -0.493 e. The molecule has 1 aromatic rings. The van der Waals surface area contributed by atoms with Gasteiger partial charge in [0.15, 0.2) is 0 Å². The topological polar surface area (TPSA) is 74.2 Å². The number of aliphatic hydroxyl groups is 1. The molecule has 1 aliphatic heterocycles. The lowest BCUT2D eigenvalue weighted by Crippen LogP contribution is -2.30. The van der Waals surface area contributed by atoms with E-state index in [9.17, 15) is 9.90 Å². The van der Waals surface area contributed by atoms with Crippen LogP contribution in [-0.2, 0) is 25.6 Å².